The first-order valence-electron chi connectivity index (χ1n) is 6.39. The maximum absolute atomic E-state index is 5.57. The van der Waals surface area contributed by atoms with Gasteiger partial charge in [-0.1, -0.05) is 19.9 Å². The molecule has 1 saturated heterocycles. The first-order chi connectivity index (χ1) is 7.75. The summed E-state index contributed by atoms with van der Waals surface area (Å²) in [6.07, 6.45) is 2.86. The molecule has 3 nitrogen and oxygen atoms in total. The number of hydrogen-bond acceptors (Lipinski definition) is 3. The monoisotopic (exact) mass is 226 g/mol. The van der Waals surface area contributed by atoms with Crippen LogP contribution in [-0.2, 0) is 4.74 Å². The Hall–Kier alpha value is -0.380. The van der Waals surface area contributed by atoms with Crippen molar-refractivity contribution in [3.05, 3.63) is 12.7 Å². The number of hydrogen-bond donors (Lipinski definition) is 1. The van der Waals surface area contributed by atoms with Gasteiger partial charge in [0.1, 0.15) is 0 Å². The highest BCUT2D eigenvalue weighted by Crippen LogP contribution is 2.12. The molecule has 1 rings (SSSR count). The van der Waals surface area contributed by atoms with Gasteiger partial charge in [-0.3, -0.25) is 4.90 Å². The van der Waals surface area contributed by atoms with E-state index in [9.17, 15) is 0 Å². The van der Waals surface area contributed by atoms with Gasteiger partial charge in [0, 0.05) is 32.2 Å². The molecule has 0 spiro atoms. The molecular formula is C13H26N2O. The summed E-state index contributed by atoms with van der Waals surface area (Å²) in [5, 5.41) is 3.46. The molecule has 1 aliphatic rings. The van der Waals surface area contributed by atoms with Crippen molar-refractivity contribution in [2.75, 3.05) is 39.4 Å². The van der Waals surface area contributed by atoms with E-state index < -0.39 is 0 Å². The smallest absolute Gasteiger partial charge is 0.0593 e. The molecule has 1 unspecified atom stereocenters. The lowest BCUT2D eigenvalue weighted by atomic mass is 10.0. The van der Waals surface area contributed by atoms with E-state index in [2.05, 4.69) is 30.6 Å². The molecule has 1 aliphatic heterocycles. The lowest BCUT2D eigenvalue weighted by Gasteiger charge is -2.38. The first kappa shape index (κ1) is 13.7. The Bertz CT molecular complexity index is 194. The lowest BCUT2D eigenvalue weighted by Crippen LogP contribution is -2.54. The first-order valence-corrected chi connectivity index (χ1v) is 6.39. The van der Waals surface area contributed by atoms with Crippen molar-refractivity contribution in [2.45, 2.75) is 26.3 Å². The number of rotatable bonds is 7. The minimum absolute atomic E-state index is 0.664. The van der Waals surface area contributed by atoms with Crippen LogP contribution in [-0.4, -0.2) is 50.3 Å². The molecule has 1 atom stereocenters. The molecule has 1 heterocycles. The quantitative estimate of drug-likeness (QED) is 0.526. The van der Waals surface area contributed by atoms with Crippen LogP contribution in [0, 0.1) is 5.92 Å². The van der Waals surface area contributed by atoms with Crippen LogP contribution in [0.3, 0.4) is 0 Å². The summed E-state index contributed by atoms with van der Waals surface area (Å²) in [6.45, 7) is 14.4. The van der Waals surface area contributed by atoms with Crippen molar-refractivity contribution >= 4 is 0 Å². The number of nitrogens with one attached hydrogen (secondary N) is 1. The minimum atomic E-state index is 0.664. The number of nitrogens with zero attached hydrogens (tertiary/aromatic N) is 1. The van der Waals surface area contributed by atoms with Gasteiger partial charge < -0.3 is 10.1 Å². The fraction of sp³-hybridized carbons (Fsp3) is 0.846. The summed E-state index contributed by atoms with van der Waals surface area (Å²) in [5.74, 6) is 0.709. The molecular weight excluding hydrogens is 200 g/mol. The topological polar surface area (TPSA) is 24.5 Å². The summed E-state index contributed by atoms with van der Waals surface area (Å²) in [7, 11) is 0. The van der Waals surface area contributed by atoms with Crippen molar-refractivity contribution < 1.29 is 4.74 Å². The average Bonchev–Trinajstić information content (AvgIpc) is 2.29. The lowest BCUT2D eigenvalue weighted by molar-refractivity contribution is 0.0648. The largest absolute Gasteiger partial charge is 0.380 e. The van der Waals surface area contributed by atoms with E-state index in [0.29, 0.717) is 12.0 Å². The third kappa shape index (κ3) is 4.64. The van der Waals surface area contributed by atoms with E-state index in [4.69, 9.17) is 4.74 Å². The van der Waals surface area contributed by atoms with E-state index in [-0.39, 0.29) is 0 Å². The van der Waals surface area contributed by atoms with Crippen molar-refractivity contribution in [3.8, 4) is 0 Å². The Morgan fingerprint density at radius 2 is 2.31 bits per heavy atom. The van der Waals surface area contributed by atoms with Gasteiger partial charge in [-0.2, -0.15) is 0 Å². The summed E-state index contributed by atoms with van der Waals surface area (Å²) < 4.78 is 5.57. The van der Waals surface area contributed by atoms with Crippen LogP contribution in [0.4, 0.5) is 0 Å². The zero-order valence-electron chi connectivity index (χ0n) is 10.7. The number of ether oxygens (including phenoxy) is 1. The van der Waals surface area contributed by atoms with Gasteiger partial charge in [0.15, 0.2) is 0 Å². The van der Waals surface area contributed by atoms with E-state index in [1.165, 1.54) is 0 Å². The Balaban J connectivity index is 2.19. The normalized spacial score (nSPS) is 22.6. The SMILES string of the molecule is C=CCCOCCN1CCNCC1C(C)C. The van der Waals surface area contributed by atoms with Crippen molar-refractivity contribution in [2.24, 2.45) is 5.92 Å². The second-order valence-corrected chi connectivity index (χ2v) is 4.74. The van der Waals surface area contributed by atoms with Gasteiger partial charge in [-0.25, -0.2) is 0 Å². The fourth-order valence-electron chi connectivity index (χ4n) is 2.15. The molecule has 0 amide bonds. The minimum Gasteiger partial charge on any atom is -0.380 e. The third-order valence-electron chi connectivity index (χ3n) is 3.16. The van der Waals surface area contributed by atoms with E-state index in [1.807, 2.05) is 6.08 Å². The van der Waals surface area contributed by atoms with Gasteiger partial charge in [-0.05, 0) is 12.3 Å². The summed E-state index contributed by atoms with van der Waals surface area (Å²) >= 11 is 0. The van der Waals surface area contributed by atoms with Crippen LogP contribution in [0.1, 0.15) is 20.3 Å². The molecule has 0 aliphatic carbocycles. The standard InChI is InChI=1S/C13H26N2O/c1-4-5-9-16-10-8-15-7-6-14-11-13(15)12(2)3/h4,12-14H,1,5-11H2,2-3H3. The molecule has 0 bridgehead atoms. The van der Waals surface area contributed by atoms with E-state index in [1.54, 1.807) is 0 Å². The highest BCUT2D eigenvalue weighted by Gasteiger charge is 2.23. The van der Waals surface area contributed by atoms with Crippen LogP contribution < -0.4 is 5.32 Å². The molecule has 0 aromatic rings. The predicted octanol–water partition coefficient (Wildman–Crippen LogP) is 1.51. The van der Waals surface area contributed by atoms with Gasteiger partial charge >= 0.3 is 0 Å². The molecule has 3 heteroatoms. The summed E-state index contributed by atoms with van der Waals surface area (Å²) in [6, 6.07) is 0.664. The van der Waals surface area contributed by atoms with Gasteiger partial charge in [0.2, 0.25) is 0 Å². The van der Waals surface area contributed by atoms with Crippen LogP contribution >= 0.6 is 0 Å². The maximum Gasteiger partial charge on any atom is 0.0593 e. The highest BCUT2D eigenvalue weighted by molar-refractivity contribution is 4.81. The van der Waals surface area contributed by atoms with Crippen molar-refractivity contribution in [3.63, 3.8) is 0 Å². The Kier molecular flexibility index (Phi) is 6.69. The van der Waals surface area contributed by atoms with Gasteiger partial charge in [-0.15, -0.1) is 6.58 Å². The maximum atomic E-state index is 5.57. The second kappa shape index (κ2) is 7.82. The zero-order valence-corrected chi connectivity index (χ0v) is 10.7. The molecule has 16 heavy (non-hydrogen) atoms. The average molecular weight is 226 g/mol. The molecule has 0 aromatic heterocycles. The zero-order chi connectivity index (χ0) is 11.8. The van der Waals surface area contributed by atoms with Crippen molar-refractivity contribution in [1.29, 1.82) is 0 Å². The van der Waals surface area contributed by atoms with Crippen LogP contribution in [0.5, 0.6) is 0 Å². The second-order valence-electron chi connectivity index (χ2n) is 4.74. The molecule has 0 radical (unpaired) electrons. The molecule has 1 N–H and O–H groups in total. The molecule has 0 aromatic carbocycles. The van der Waals surface area contributed by atoms with E-state index >= 15 is 0 Å². The summed E-state index contributed by atoms with van der Waals surface area (Å²) in [4.78, 5) is 2.55. The summed E-state index contributed by atoms with van der Waals surface area (Å²) in [5.41, 5.74) is 0. The molecule has 0 saturated carbocycles. The Labute approximate surface area is 99.8 Å². The fourth-order valence-corrected chi connectivity index (χ4v) is 2.15. The van der Waals surface area contributed by atoms with Crippen LogP contribution in [0.25, 0.3) is 0 Å². The predicted molar refractivity (Wildman–Crippen MR) is 68.7 cm³/mol. The van der Waals surface area contributed by atoms with Gasteiger partial charge in [0.05, 0.1) is 13.2 Å². The highest BCUT2D eigenvalue weighted by atomic mass is 16.5. The molecule has 94 valence electrons. The Morgan fingerprint density at radius 1 is 1.50 bits per heavy atom. The van der Waals surface area contributed by atoms with Crippen LogP contribution in [0.15, 0.2) is 12.7 Å². The number of piperazine rings is 1. The molecule has 1 fully saturated rings. The van der Waals surface area contributed by atoms with E-state index in [0.717, 1.165) is 45.8 Å². The van der Waals surface area contributed by atoms with Crippen LogP contribution in [0.2, 0.25) is 0 Å². The van der Waals surface area contributed by atoms with Gasteiger partial charge in [0.25, 0.3) is 0 Å². The third-order valence-corrected chi connectivity index (χ3v) is 3.16. The Morgan fingerprint density at radius 3 is 3.00 bits per heavy atom. The van der Waals surface area contributed by atoms with Crippen molar-refractivity contribution in [1.82, 2.24) is 10.2 Å².